The van der Waals surface area contributed by atoms with Gasteiger partial charge in [0.1, 0.15) is 0 Å². The van der Waals surface area contributed by atoms with Crippen LogP contribution in [0.1, 0.15) is 25.7 Å². The first-order chi connectivity index (χ1) is 8.29. The maximum absolute atomic E-state index is 5.80. The van der Waals surface area contributed by atoms with Crippen LogP contribution in [0.4, 0.5) is 0 Å². The topological polar surface area (TPSA) is 24.5 Å². The van der Waals surface area contributed by atoms with Crippen molar-refractivity contribution in [2.75, 3.05) is 39.5 Å². The third-order valence-electron chi connectivity index (χ3n) is 3.95. The van der Waals surface area contributed by atoms with Gasteiger partial charge in [0.2, 0.25) is 0 Å². The first-order valence-electron chi connectivity index (χ1n) is 6.86. The van der Waals surface area contributed by atoms with Crippen LogP contribution in [-0.4, -0.2) is 61.8 Å². The summed E-state index contributed by atoms with van der Waals surface area (Å²) in [5, 5.41) is 4.55. The van der Waals surface area contributed by atoms with E-state index in [-0.39, 0.29) is 0 Å². The minimum atomic E-state index is 0.387. The van der Waals surface area contributed by atoms with Gasteiger partial charge in [0.05, 0.1) is 12.7 Å². The molecule has 1 heterocycles. The van der Waals surface area contributed by atoms with Crippen LogP contribution in [0.5, 0.6) is 0 Å². The second-order valence-electron chi connectivity index (χ2n) is 5.33. The van der Waals surface area contributed by atoms with Gasteiger partial charge in [-0.15, -0.1) is 0 Å². The van der Waals surface area contributed by atoms with E-state index in [0.29, 0.717) is 12.1 Å². The summed E-state index contributed by atoms with van der Waals surface area (Å²) in [7, 11) is 2.18. The molecule has 0 spiro atoms. The highest BCUT2D eigenvalue weighted by atomic mass is 32.2. The average molecular weight is 258 g/mol. The summed E-state index contributed by atoms with van der Waals surface area (Å²) in [5.41, 5.74) is 0. The average Bonchev–Trinajstić information content (AvgIpc) is 2.37. The van der Waals surface area contributed by atoms with Gasteiger partial charge in [-0.25, -0.2) is 0 Å². The van der Waals surface area contributed by atoms with Crippen LogP contribution in [0.15, 0.2) is 0 Å². The molecule has 4 heteroatoms. The van der Waals surface area contributed by atoms with Crippen LogP contribution < -0.4 is 5.32 Å². The van der Waals surface area contributed by atoms with Crippen molar-refractivity contribution >= 4 is 11.8 Å². The highest BCUT2D eigenvalue weighted by Crippen LogP contribution is 2.27. The second-order valence-corrected chi connectivity index (χ2v) is 6.41. The Morgan fingerprint density at radius 1 is 1.35 bits per heavy atom. The lowest BCUT2D eigenvalue weighted by atomic mass is 9.94. The molecule has 1 aliphatic carbocycles. The molecule has 2 aliphatic rings. The van der Waals surface area contributed by atoms with Crippen LogP contribution in [0.2, 0.25) is 0 Å². The molecule has 0 amide bonds. The zero-order valence-electron chi connectivity index (χ0n) is 11.2. The number of thioether (sulfide) groups is 1. The van der Waals surface area contributed by atoms with Crippen LogP contribution in [0, 0.1) is 0 Å². The number of hydrogen-bond donors (Lipinski definition) is 1. The molecule has 17 heavy (non-hydrogen) atoms. The number of ether oxygens (including phenoxy) is 1. The van der Waals surface area contributed by atoms with Crippen LogP contribution >= 0.6 is 11.8 Å². The molecule has 3 nitrogen and oxygen atoms in total. The maximum atomic E-state index is 5.80. The molecule has 100 valence electrons. The summed E-state index contributed by atoms with van der Waals surface area (Å²) in [6.45, 7) is 4.06. The summed E-state index contributed by atoms with van der Waals surface area (Å²) in [4.78, 5) is 2.36. The van der Waals surface area contributed by atoms with Crippen molar-refractivity contribution in [1.82, 2.24) is 10.2 Å². The standard InChI is InChI=1S/C13H26N2OS/c1-15-7-8-16-11(10-15)9-14-12-5-3-4-6-13(12)17-2/h11-14H,3-10H2,1-2H3. The monoisotopic (exact) mass is 258 g/mol. The van der Waals surface area contributed by atoms with Crippen molar-refractivity contribution in [2.45, 2.75) is 43.1 Å². The third-order valence-corrected chi connectivity index (χ3v) is 5.12. The molecule has 1 saturated heterocycles. The molecule has 0 aromatic carbocycles. The Balaban J connectivity index is 1.72. The largest absolute Gasteiger partial charge is 0.374 e. The molecular formula is C13H26N2OS. The van der Waals surface area contributed by atoms with Crippen molar-refractivity contribution in [3.63, 3.8) is 0 Å². The van der Waals surface area contributed by atoms with Crippen molar-refractivity contribution in [3.05, 3.63) is 0 Å². The van der Waals surface area contributed by atoms with Crippen molar-refractivity contribution in [1.29, 1.82) is 0 Å². The van der Waals surface area contributed by atoms with Gasteiger partial charge in [0.15, 0.2) is 0 Å². The van der Waals surface area contributed by atoms with Gasteiger partial charge in [-0.05, 0) is 26.1 Å². The van der Waals surface area contributed by atoms with E-state index >= 15 is 0 Å². The number of nitrogens with one attached hydrogen (secondary N) is 1. The molecule has 3 unspecified atom stereocenters. The summed E-state index contributed by atoms with van der Waals surface area (Å²) < 4.78 is 5.80. The van der Waals surface area contributed by atoms with E-state index in [1.807, 2.05) is 11.8 Å². The van der Waals surface area contributed by atoms with Gasteiger partial charge in [0, 0.05) is 30.9 Å². The fourth-order valence-electron chi connectivity index (χ4n) is 2.89. The smallest absolute Gasteiger partial charge is 0.0826 e. The van der Waals surface area contributed by atoms with Gasteiger partial charge >= 0.3 is 0 Å². The Morgan fingerprint density at radius 3 is 2.94 bits per heavy atom. The zero-order valence-corrected chi connectivity index (χ0v) is 12.0. The van der Waals surface area contributed by atoms with Crippen LogP contribution in [0.25, 0.3) is 0 Å². The molecule has 0 bridgehead atoms. The Kier molecular flexibility index (Phi) is 5.60. The Bertz CT molecular complexity index is 227. The quantitative estimate of drug-likeness (QED) is 0.827. The molecule has 1 aliphatic heterocycles. The summed E-state index contributed by atoms with van der Waals surface area (Å²) in [6, 6.07) is 0.703. The first kappa shape index (κ1) is 13.7. The lowest BCUT2D eigenvalue weighted by molar-refractivity contribution is -0.0196. The molecule has 0 aromatic heterocycles. The molecule has 2 rings (SSSR count). The fraction of sp³-hybridized carbons (Fsp3) is 1.00. The highest BCUT2D eigenvalue weighted by molar-refractivity contribution is 7.99. The molecule has 1 N–H and O–H groups in total. The molecule has 1 saturated carbocycles. The SMILES string of the molecule is CSC1CCCCC1NCC1CN(C)CCO1. The molecular weight excluding hydrogens is 232 g/mol. The van der Waals surface area contributed by atoms with E-state index in [1.54, 1.807) is 0 Å². The minimum Gasteiger partial charge on any atom is -0.374 e. The lowest BCUT2D eigenvalue weighted by Gasteiger charge is -2.35. The maximum Gasteiger partial charge on any atom is 0.0826 e. The van der Waals surface area contributed by atoms with E-state index < -0.39 is 0 Å². The predicted octanol–water partition coefficient (Wildman–Crippen LogP) is 1.58. The summed E-state index contributed by atoms with van der Waals surface area (Å²) >= 11 is 2.03. The normalized spacial score (nSPS) is 36.0. The number of likely N-dealkylation sites (N-methyl/N-ethyl adjacent to an activating group) is 1. The third kappa shape index (κ3) is 4.12. The Labute approximate surface area is 110 Å². The fourth-order valence-corrected chi connectivity index (χ4v) is 3.85. The number of morpholine rings is 1. The molecule has 0 radical (unpaired) electrons. The van der Waals surface area contributed by atoms with E-state index in [9.17, 15) is 0 Å². The van der Waals surface area contributed by atoms with Gasteiger partial charge in [0.25, 0.3) is 0 Å². The molecule has 3 atom stereocenters. The lowest BCUT2D eigenvalue weighted by Crippen LogP contribution is -2.49. The van der Waals surface area contributed by atoms with Gasteiger partial charge in [-0.3, -0.25) is 0 Å². The first-order valence-corrected chi connectivity index (χ1v) is 8.14. The predicted molar refractivity (Wildman–Crippen MR) is 74.8 cm³/mol. The van der Waals surface area contributed by atoms with E-state index in [1.165, 1.54) is 25.7 Å². The molecule has 0 aromatic rings. The summed E-state index contributed by atoms with van der Waals surface area (Å²) in [6.07, 6.45) is 8.15. The van der Waals surface area contributed by atoms with Gasteiger partial charge in [-0.2, -0.15) is 11.8 Å². The van der Waals surface area contributed by atoms with E-state index in [4.69, 9.17) is 4.74 Å². The van der Waals surface area contributed by atoms with Crippen molar-refractivity contribution < 1.29 is 4.74 Å². The van der Waals surface area contributed by atoms with Crippen molar-refractivity contribution in [3.8, 4) is 0 Å². The van der Waals surface area contributed by atoms with Crippen LogP contribution in [0.3, 0.4) is 0 Å². The van der Waals surface area contributed by atoms with Gasteiger partial charge < -0.3 is 15.0 Å². The van der Waals surface area contributed by atoms with Crippen LogP contribution in [-0.2, 0) is 4.74 Å². The van der Waals surface area contributed by atoms with E-state index in [2.05, 4.69) is 23.5 Å². The second kappa shape index (κ2) is 6.98. The van der Waals surface area contributed by atoms with E-state index in [0.717, 1.165) is 31.5 Å². The number of rotatable bonds is 4. The molecule has 2 fully saturated rings. The van der Waals surface area contributed by atoms with Crippen molar-refractivity contribution in [2.24, 2.45) is 0 Å². The highest BCUT2D eigenvalue weighted by Gasteiger charge is 2.25. The van der Waals surface area contributed by atoms with Gasteiger partial charge in [-0.1, -0.05) is 12.8 Å². The number of hydrogen-bond acceptors (Lipinski definition) is 4. The minimum absolute atomic E-state index is 0.387. The zero-order chi connectivity index (χ0) is 12.1. The summed E-state index contributed by atoms with van der Waals surface area (Å²) in [5.74, 6) is 0. The Hall–Kier alpha value is 0.230. The Morgan fingerprint density at radius 2 is 2.18 bits per heavy atom. The number of nitrogens with zero attached hydrogens (tertiary/aromatic N) is 1.